The van der Waals surface area contributed by atoms with Crippen molar-refractivity contribution in [2.75, 3.05) is 4.72 Å². The fourth-order valence-electron chi connectivity index (χ4n) is 2.16. The van der Waals surface area contributed by atoms with E-state index in [1.54, 1.807) is 6.07 Å². The van der Waals surface area contributed by atoms with Gasteiger partial charge in [-0.15, -0.1) is 13.2 Å². The molecule has 0 aliphatic rings. The number of rotatable bonds is 6. The summed E-state index contributed by atoms with van der Waals surface area (Å²) in [7, 11) is -4.37. The van der Waals surface area contributed by atoms with E-state index in [9.17, 15) is 21.6 Å². The first kappa shape index (κ1) is 19.4. The van der Waals surface area contributed by atoms with Crippen LogP contribution in [-0.2, 0) is 10.0 Å². The molecule has 0 unspecified atom stereocenters. The zero-order valence-corrected chi connectivity index (χ0v) is 14.7. The number of para-hydroxylation sites is 1. The van der Waals surface area contributed by atoms with Crippen LogP contribution in [-0.4, -0.2) is 24.7 Å². The van der Waals surface area contributed by atoms with Gasteiger partial charge < -0.3 is 9.47 Å². The Hall–Kier alpha value is -3.34. The first-order chi connectivity index (χ1) is 13.2. The summed E-state index contributed by atoms with van der Waals surface area (Å²) in [5, 5.41) is 0. The monoisotopic (exact) mass is 411 g/mol. The van der Waals surface area contributed by atoms with Crippen molar-refractivity contribution in [1.82, 2.24) is 9.97 Å². The molecule has 3 aromatic rings. The van der Waals surface area contributed by atoms with Gasteiger partial charge in [0.25, 0.3) is 10.0 Å². The van der Waals surface area contributed by atoms with Crippen LogP contribution in [0.25, 0.3) is 0 Å². The average molecular weight is 411 g/mol. The predicted molar refractivity (Wildman–Crippen MR) is 92.5 cm³/mol. The molecule has 7 nitrogen and oxygen atoms in total. The Bertz CT molecular complexity index is 1060. The van der Waals surface area contributed by atoms with Crippen LogP contribution in [0.1, 0.15) is 0 Å². The molecule has 11 heteroatoms. The molecule has 2 aromatic carbocycles. The van der Waals surface area contributed by atoms with Crippen LogP contribution in [0.5, 0.6) is 17.5 Å². The van der Waals surface area contributed by atoms with E-state index in [1.807, 2.05) is 0 Å². The molecule has 146 valence electrons. The van der Waals surface area contributed by atoms with Gasteiger partial charge in [0.05, 0.1) is 5.69 Å². The fourth-order valence-corrected chi connectivity index (χ4v) is 3.34. The zero-order chi connectivity index (χ0) is 20.2. The number of nitrogens with zero attached hydrogens (tertiary/aromatic N) is 2. The maximum absolute atomic E-state index is 12.6. The molecule has 0 aliphatic heterocycles. The van der Waals surface area contributed by atoms with Crippen LogP contribution >= 0.6 is 0 Å². The molecule has 0 radical (unpaired) electrons. The van der Waals surface area contributed by atoms with Gasteiger partial charge in [0.1, 0.15) is 16.4 Å². The molecule has 1 aromatic heterocycles. The van der Waals surface area contributed by atoms with E-state index in [2.05, 4.69) is 19.4 Å². The number of aromatic nitrogens is 2. The number of hydrogen-bond acceptors (Lipinski definition) is 6. The molecule has 28 heavy (non-hydrogen) atoms. The summed E-state index contributed by atoms with van der Waals surface area (Å²) in [5.41, 5.74) is 0.0650. The molecule has 0 saturated carbocycles. The number of sulfonamides is 1. The van der Waals surface area contributed by atoms with Gasteiger partial charge in [-0.1, -0.05) is 18.2 Å². The minimum absolute atomic E-state index is 0.0476. The van der Waals surface area contributed by atoms with E-state index >= 15 is 0 Å². The third-order valence-corrected chi connectivity index (χ3v) is 4.62. The molecule has 0 amide bonds. The maximum Gasteiger partial charge on any atom is 0.573 e. The summed E-state index contributed by atoms with van der Waals surface area (Å²) in [6.07, 6.45) is -2.10. The van der Waals surface area contributed by atoms with Crippen LogP contribution in [0.2, 0.25) is 0 Å². The minimum Gasteiger partial charge on any atom is -0.424 e. The Labute approximate surface area is 157 Å². The first-order valence-electron chi connectivity index (χ1n) is 7.65. The third kappa shape index (κ3) is 5.10. The molecule has 1 heterocycles. The van der Waals surface area contributed by atoms with Crippen molar-refractivity contribution in [2.45, 2.75) is 11.3 Å². The molecule has 0 atom stereocenters. The highest BCUT2D eigenvalue weighted by Crippen LogP contribution is 2.31. The molecule has 0 aliphatic carbocycles. The number of hydrogen-bond donors (Lipinski definition) is 1. The normalized spacial score (nSPS) is 11.7. The molecule has 3 rings (SSSR count). The van der Waals surface area contributed by atoms with Gasteiger partial charge >= 0.3 is 12.4 Å². The highest BCUT2D eigenvalue weighted by atomic mass is 32.2. The highest BCUT2D eigenvalue weighted by molar-refractivity contribution is 7.92. The fraction of sp³-hybridized carbons (Fsp3) is 0.0588. The van der Waals surface area contributed by atoms with Gasteiger partial charge in [-0.3, -0.25) is 4.72 Å². The summed E-state index contributed by atoms with van der Waals surface area (Å²) in [5.74, 6) is -0.612. The van der Waals surface area contributed by atoms with Crippen LogP contribution < -0.4 is 14.2 Å². The van der Waals surface area contributed by atoms with Crippen LogP contribution in [0.15, 0.2) is 71.9 Å². The lowest BCUT2D eigenvalue weighted by molar-refractivity contribution is -0.275. The molecular weight excluding hydrogens is 399 g/mol. The van der Waals surface area contributed by atoms with Crippen molar-refractivity contribution in [2.24, 2.45) is 0 Å². The lowest BCUT2D eigenvalue weighted by Crippen LogP contribution is -2.20. The topological polar surface area (TPSA) is 90.4 Å². The lowest BCUT2D eigenvalue weighted by Gasteiger charge is -2.14. The quantitative estimate of drug-likeness (QED) is 0.660. The number of nitrogens with one attached hydrogen (secondary N) is 1. The third-order valence-electron chi connectivity index (χ3n) is 3.20. The molecule has 0 spiro atoms. The Balaban J connectivity index is 1.85. The van der Waals surface area contributed by atoms with E-state index in [0.717, 1.165) is 12.1 Å². The van der Waals surface area contributed by atoms with Gasteiger partial charge in [0.15, 0.2) is 0 Å². The standard InChI is InChI=1S/C17H12F3N3O4S/c18-17(19,20)27-14-7-1-2-8-15(14)28(24,25)23-12-5-3-6-13(11-12)26-16-21-9-4-10-22-16/h1-11,23H. The summed E-state index contributed by atoms with van der Waals surface area (Å²) < 4.78 is 74.1. The van der Waals surface area contributed by atoms with Crippen LogP contribution in [0.4, 0.5) is 18.9 Å². The molecule has 1 N–H and O–H groups in total. The van der Waals surface area contributed by atoms with Gasteiger partial charge in [-0.05, 0) is 30.3 Å². The summed E-state index contributed by atoms with van der Waals surface area (Å²) in [6, 6.07) is 11.8. The highest BCUT2D eigenvalue weighted by Gasteiger charge is 2.34. The van der Waals surface area contributed by atoms with Crippen molar-refractivity contribution in [3.05, 3.63) is 67.0 Å². The number of anilines is 1. The second kappa shape index (κ2) is 7.72. The number of alkyl halides is 3. The molecule has 0 bridgehead atoms. The van der Waals surface area contributed by atoms with E-state index in [0.29, 0.717) is 0 Å². The summed E-state index contributed by atoms with van der Waals surface area (Å²) >= 11 is 0. The molecular formula is C17H12F3N3O4S. The second-order valence-electron chi connectivity index (χ2n) is 5.26. The van der Waals surface area contributed by atoms with Crippen molar-refractivity contribution < 1.29 is 31.1 Å². The Morgan fingerprint density at radius 2 is 1.64 bits per heavy atom. The Morgan fingerprint density at radius 1 is 0.929 bits per heavy atom. The predicted octanol–water partition coefficient (Wildman–Crippen LogP) is 3.97. The SMILES string of the molecule is O=S(=O)(Nc1cccc(Oc2ncccn2)c1)c1ccccc1OC(F)(F)F. The summed E-state index contributed by atoms with van der Waals surface area (Å²) in [4.78, 5) is 7.09. The number of halogens is 3. The smallest absolute Gasteiger partial charge is 0.424 e. The van der Waals surface area contributed by atoms with E-state index in [4.69, 9.17) is 4.74 Å². The van der Waals surface area contributed by atoms with Crippen molar-refractivity contribution >= 4 is 15.7 Å². The first-order valence-corrected chi connectivity index (χ1v) is 9.14. The molecule has 0 saturated heterocycles. The molecule has 0 fully saturated rings. The van der Waals surface area contributed by atoms with Crippen molar-refractivity contribution in [3.8, 4) is 17.5 Å². The summed E-state index contributed by atoms with van der Waals surface area (Å²) in [6.45, 7) is 0. The lowest BCUT2D eigenvalue weighted by atomic mass is 10.3. The average Bonchev–Trinajstić information content (AvgIpc) is 2.61. The second-order valence-corrected chi connectivity index (χ2v) is 6.91. The van der Waals surface area contributed by atoms with Crippen molar-refractivity contribution in [1.29, 1.82) is 0 Å². The van der Waals surface area contributed by atoms with Gasteiger partial charge in [0, 0.05) is 18.5 Å². The van der Waals surface area contributed by atoms with E-state index < -0.39 is 27.0 Å². The Morgan fingerprint density at radius 3 is 2.36 bits per heavy atom. The zero-order valence-electron chi connectivity index (χ0n) is 13.9. The van der Waals surface area contributed by atoms with Crippen molar-refractivity contribution in [3.63, 3.8) is 0 Å². The van der Waals surface area contributed by atoms with E-state index in [1.165, 1.54) is 48.8 Å². The van der Waals surface area contributed by atoms with Gasteiger partial charge in [0.2, 0.25) is 0 Å². The number of benzene rings is 2. The van der Waals surface area contributed by atoms with E-state index in [-0.39, 0.29) is 17.4 Å². The van der Waals surface area contributed by atoms with Gasteiger partial charge in [-0.2, -0.15) is 0 Å². The van der Waals surface area contributed by atoms with Crippen LogP contribution in [0, 0.1) is 0 Å². The minimum atomic E-state index is -5.03. The maximum atomic E-state index is 12.6. The number of ether oxygens (including phenoxy) is 2. The largest absolute Gasteiger partial charge is 0.573 e. The Kier molecular flexibility index (Phi) is 5.36. The van der Waals surface area contributed by atoms with Crippen LogP contribution in [0.3, 0.4) is 0 Å². The van der Waals surface area contributed by atoms with Gasteiger partial charge in [-0.25, -0.2) is 18.4 Å².